The fourth-order valence-electron chi connectivity index (χ4n) is 2.19. The molecule has 0 bridgehead atoms. The van der Waals surface area contributed by atoms with Crippen molar-refractivity contribution in [3.8, 4) is 0 Å². The summed E-state index contributed by atoms with van der Waals surface area (Å²) in [6, 6.07) is 8.56. The van der Waals surface area contributed by atoms with E-state index in [0.29, 0.717) is 21.6 Å². The van der Waals surface area contributed by atoms with Crippen LogP contribution in [0.25, 0.3) is 11.0 Å². The topological polar surface area (TPSA) is 67.0 Å². The molecule has 5 nitrogen and oxygen atoms in total. The Morgan fingerprint density at radius 1 is 1.24 bits per heavy atom. The molecule has 0 spiro atoms. The van der Waals surface area contributed by atoms with Gasteiger partial charge in [-0.1, -0.05) is 39.1 Å². The summed E-state index contributed by atoms with van der Waals surface area (Å²) in [4.78, 5) is 19.7. The Hall–Kier alpha value is -1.28. The molecule has 2 N–H and O–H groups in total. The highest BCUT2D eigenvalue weighted by atomic mass is 79.9. The van der Waals surface area contributed by atoms with Gasteiger partial charge in [-0.25, -0.2) is 9.78 Å². The summed E-state index contributed by atoms with van der Waals surface area (Å²) in [5, 5.41) is 3.36. The van der Waals surface area contributed by atoms with Gasteiger partial charge in [0.25, 0.3) is 0 Å². The summed E-state index contributed by atoms with van der Waals surface area (Å²) < 4.78 is 7.13. The number of H-pyrrole nitrogens is 1. The molecule has 130 valence electrons. The number of aromatic amines is 1. The van der Waals surface area contributed by atoms with E-state index in [1.807, 2.05) is 12.1 Å². The maximum absolute atomic E-state index is 12.1. The number of ether oxygens (including phenoxy) is 1. The van der Waals surface area contributed by atoms with E-state index in [-0.39, 0.29) is 0 Å². The first kappa shape index (κ1) is 18.5. The summed E-state index contributed by atoms with van der Waals surface area (Å²) in [6.45, 7) is 1.73. The lowest BCUT2D eigenvalue weighted by Gasteiger charge is -2.12. The molecular weight excluding hydrogens is 497 g/mol. The number of aromatic nitrogens is 2. The van der Waals surface area contributed by atoms with Crippen molar-refractivity contribution in [2.45, 2.75) is 13.0 Å². The van der Waals surface area contributed by atoms with Crippen LogP contribution in [-0.4, -0.2) is 16.1 Å². The molecule has 0 saturated carbocycles. The molecule has 0 radical (unpaired) electrons. The average Bonchev–Trinajstić information content (AvgIpc) is 2.95. The summed E-state index contributed by atoms with van der Waals surface area (Å²) in [6.07, 6.45) is -1.19. The van der Waals surface area contributed by atoms with E-state index in [9.17, 15) is 4.79 Å². The third-order valence-corrected chi connectivity index (χ3v) is 5.19. The molecule has 2 aromatic carbocycles. The number of nitrogens with zero attached hydrogens (tertiary/aromatic N) is 1. The maximum atomic E-state index is 12.1. The van der Waals surface area contributed by atoms with E-state index in [2.05, 4.69) is 47.1 Å². The number of benzene rings is 2. The Balaban J connectivity index is 1.73. The van der Waals surface area contributed by atoms with Crippen molar-refractivity contribution in [2.24, 2.45) is 0 Å². The first-order valence-corrected chi connectivity index (χ1v) is 9.45. The molecule has 1 atom stereocenters. The van der Waals surface area contributed by atoms with Gasteiger partial charge in [-0.3, -0.25) is 5.32 Å². The van der Waals surface area contributed by atoms with Crippen LogP contribution in [0.5, 0.6) is 0 Å². The second kappa shape index (κ2) is 7.53. The molecule has 1 aromatic heterocycles. The molecule has 3 aromatic rings. The lowest BCUT2D eigenvalue weighted by atomic mass is 10.3. The van der Waals surface area contributed by atoms with Crippen LogP contribution < -0.4 is 5.32 Å². The van der Waals surface area contributed by atoms with Gasteiger partial charge < -0.3 is 9.72 Å². The number of nitrogens with one attached hydrogen (secondary N) is 2. The van der Waals surface area contributed by atoms with Crippen LogP contribution in [0, 0.1) is 0 Å². The van der Waals surface area contributed by atoms with Crippen LogP contribution in [0.3, 0.4) is 0 Å². The average molecular weight is 508 g/mol. The second-order valence-corrected chi connectivity index (χ2v) is 7.79. The number of hydrogen-bond donors (Lipinski definition) is 2. The van der Waals surface area contributed by atoms with Crippen molar-refractivity contribution in [1.82, 2.24) is 9.97 Å². The van der Waals surface area contributed by atoms with E-state index >= 15 is 0 Å². The fraction of sp³-hybridized carbons (Fsp3) is 0.125. The maximum Gasteiger partial charge on any atom is 0.412 e. The van der Waals surface area contributed by atoms with Gasteiger partial charge in [-0.05, 0) is 53.2 Å². The lowest BCUT2D eigenvalue weighted by Crippen LogP contribution is -2.16. The number of halogens is 4. The number of fused-ring (bicyclic) bond motifs is 1. The number of hydrogen-bond acceptors (Lipinski definition) is 3. The number of anilines is 1. The Kier molecular flexibility index (Phi) is 5.58. The molecule has 0 aliphatic rings. The molecule has 0 fully saturated rings. The molecule has 0 aliphatic heterocycles. The largest absolute Gasteiger partial charge is 0.438 e. The van der Waals surface area contributed by atoms with Crippen molar-refractivity contribution in [1.29, 1.82) is 0 Å². The standard InChI is InChI=1S/C16H11Br2Cl2N3O2/c1-7(15-22-13-5-8(17)4-10(18)14(13)23-15)25-16(24)21-9-2-3-11(19)12(20)6-9/h2-7H,1H3,(H,21,24)(H,22,23)/t7-/m0/s1. The molecule has 9 heteroatoms. The predicted molar refractivity (Wildman–Crippen MR) is 106 cm³/mol. The van der Waals surface area contributed by atoms with Crippen LogP contribution >= 0.6 is 55.1 Å². The van der Waals surface area contributed by atoms with Gasteiger partial charge in [0.15, 0.2) is 6.10 Å². The molecule has 0 aliphatic carbocycles. The van der Waals surface area contributed by atoms with Crippen LogP contribution in [0.15, 0.2) is 39.3 Å². The minimum Gasteiger partial charge on any atom is -0.438 e. The molecule has 1 amide bonds. The van der Waals surface area contributed by atoms with Gasteiger partial charge >= 0.3 is 6.09 Å². The van der Waals surface area contributed by atoms with Gasteiger partial charge in [0.05, 0.1) is 21.1 Å². The highest BCUT2D eigenvalue weighted by Gasteiger charge is 2.17. The predicted octanol–water partition coefficient (Wildman–Crippen LogP) is 6.70. The van der Waals surface area contributed by atoms with Crippen molar-refractivity contribution in [3.63, 3.8) is 0 Å². The number of carbonyl (C=O) groups excluding carboxylic acids is 1. The van der Waals surface area contributed by atoms with Crippen molar-refractivity contribution in [3.05, 3.63) is 55.1 Å². The lowest BCUT2D eigenvalue weighted by molar-refractivity contribution is 0.117. The Bertz CT molecular complexity index is 962. The summed E-state index contributed by atoms with van der Waals surface area (Å²) in [7, 11) is 0. The van der Waals surface area contributed by atoms with Gasteiger partial charge in [0, 0.05) is 14.6 Å². The van der Waals surface area contributed by atoms with Crippen LogP contribution in [0.4, 0.5) is 10.5 Å². The third kappa shape index (κ3) is 4.28. The molecule has 1 heterocycles. The highest BCUT2D eigenvalue weighted by Crippen LogP contribution is 2.29. The van der Waals surface area contributed by atoms with Gasteiger partial charge in [0.2, 0.25) is 0 Å². The molecule has 3 rings (SSSR count). The number of amides is 1. The summed E-state index contributed by atoms with van der Waals surface area (Å²) in [5.41, 5.74) is 2.08. The smallest absolute Gasteiger partial charge is 0.412 e. The Labute approximate surface area is 170 Å². The summed E-state index contributed by atoms with van der Waals surface area (Å²) >= 11 is 18.7. The molecule has 0 saturated heterocycles. The minimum atomic E-state index is -0.619. The summed E-state index contributed by atoms with van der Waals surface area (Å²) in [5.74, 6) is 0.540. The monoisotopic (exact) mass is 505 g/mol. The normalized spacial score (nSPS) is 12.2. The highest BCUT2D eigenvalue weighted by molar-refractivity contribution is 9.11. The van der Waals surface area contributed by atoms with E-state index in [0.717, 1.165) is 20.0 Å². The Morgan fingerprint density at radius 2 is 2.00 bits per heavy atom. The van der Waals surface area contributed by atoms with E-state index in [1.54, 1.807) is 25.1 Å². The second-order valence-electron chi connectivity index (χ2n) is 5.21. The van der Waals surface area contributed by atoms with E-state index < -0.39 is 12.2 Å². The van der Waals surface area contributed by atoms with E-state index in [1.165, 1.54) is 0 Å². The number of carbonyl (C=O) groups is 1. The Morgan fingerprint density at radius 3 is 2.72 bits per heavy atom. The van der Waals surface area contributed by atoms with Crippen LogP contribution in [0.2, 0.25) is 10.0 Å². The third-order valence-electron chi connectivity index (χ3n) is 3.36. The van der Waals surface area contributed by atoms with Crippen LogP contribution in [0.1, 0.15) is 18.9 Å². The van der Waals surface area contributed by atoms with Gasteiger partial charge in [-0.2, -0.15) is 0 Å². The van der Waals surface area contributed by atoms with Gasteiger partial charge in [0.1, 0.15) is 5.82 Å². The van der Waals surface area contributed by atoms with Crippen molar-refractivity contribution < 1.29 is 9.53 Å². The molecule has 25 heavy (non-hydrogen) atoms. The van der Waals surface area contributed by atoms with E-state index in [4.69, 9.17) is 27.9 Å². The van der Waals surface area contributed by atoms with Crippen molar-refractivity contribution >= 4 is 77.9 Å². The zero-order valence-corrected chi connectivity index (χ0v) is 17.4. The quantitative estimate of drug-likeness (QED) is 0.414. The number of imidazole rings is 1. The first-order chi connectivity index (χ1) is 11.8. The number of rotatable bonds is 3. The molecular formula is C16H11Br2Cl2N3O2. The van der Waals surface area contributed by atoms with Crippen molar-refractivity contribution in [2.75, 3.05) is 5.32 Å². The first-order valence-electron chi connectivity index (χ1n) is 7.11. The van der Waals surface area contributed by atoms with Crippen LogP contribution in [-0.2, 0) is 4.74 Å². The SMILES string of the molecule is C[C@H](OC(=O)Nc1ccc(Cl)c(Cl)c1)c1nc2cc(Br)cc(Br)c2[nH]1. The zero-order chi connectivity index (χ0) is 18.1. The minimum absolute atomic E-state index is 0.347. The zero-order valence-electron chi connectivity index (χ0n) is 12.7. The fourth-order valence-corrected chi connectivity index (χ4v) is 3.79. The van der Waals surface area contributed by atoms with Gasteiger partial charge in [-0.15, -0.1) is 0 Å². The molecule has 0 unspecified atom stereocenters.